The number of fused-ring (bicyclic) bond motifs is 3. The fourth-order valence-corrected chi connectivity index (χ4v) is 6.43. The predicted molar refractivity (Wildman–Crippen MR) is 185 cm³/mol. The number of anilines is 3. The SMILES string of the molecule is c1ccc(-c2c(-c3ccc(N(c4cccc5ccccc45)c4cccc5ccccc45)cc3)ccc3ccccc23)cc1. The Balaban J connectivity index is 1.33. The van der Waals surface area contributed by atoms with E-state index in [2.05, 4.69) is 181 Å². The van der Waals surface area contributed by atoms with Crippen LogP contribution in [0, 0.1) is 0 Å². The molecule has 0 spiro atoms. The van der Waals surface area contributed by atoms with E-state index >= 15 is 0 Å². The van der Waals surface area contributed by atoms with E-state index in [4.69, 9.17) is 0 Å². The van der Waals surface area contributed by atoms with Crippen molar-refractivity contribution < 1.29 is 0 Å². The van der Waals surface area contributed by atoms with E-state index in [0.29, 0.717) is 0 Å². The van der Waals surface area contributed by atoms with Crippen LogP contribution in [0.3, 0.4) is 0 Å². The van der Waals surface area contributed by atoms with Gasteiger partial charge in [-0.25, -0.2) is 0 Å². The minimum absolute atomic E-state index is 1.12. The molecular weight excluding hydrogens is 518 g/mol. The minimum atomic E-state index is 1.12. The summed E-state index contributed by atoms with van der Waals surface area (Å²) < 4.78 is 0. The Bertz CT molecular complexity index is 2140. The van der Waals surface area contributed by atoms with Crippen LogP contribution in [0.1, 0.15) is 0 Å². The molecule has 0 saturated carbocycles. The summed E-state index contributed by atoms with van der Waals surface area (Å²) in [6.45, 7) is 0. The maximum absolute atomic E-state index is 2.41. The van der Waals surface area contributed by atoms with Gasteiger partial charge in [0.05, 0.1) is 11.4 Å². The molecule has 8 aromatic carbocycles. The van der Waals surface area contributed by atoms with Gasteiger partial charge in [-0.3, -0.25) is 0 Å². The topological polar surface area (TPSA) is 3.24 Å². The minimum Gasteiger partial charge on any atom is -0.309 e. The van der Waals surface area contributed by atoms with Crippen LogP contribution in [0.5, 0.6) is 0 Å². The Morgan fingerprint density at radius 1 is 0.302 bits per heavy atom. The second kappa shape index (κ2) is 10.6. The van der Waals surface area contributed by atoms with E-state index in [0.717, 1.165) is 17.1 Å². The highest BCUT2D eigenvalue weighted by molar-refractivity contribution is 6.06. The van der Waals surface area contributed by atoms with E-state index < -0.39 is 0 Å². The quantitative estimate of drug-likeness (QED) is 0.207. The molecule has 0 heterocycles. The van der Waals surface area contributed by atoms with Gasteiger partial charge in [0.15, 0.2) is 0 Å². The second-order valence-corrected chi connectivity index (χ2v) is 11.0. The summed E-state index contributed by atoms with van der Waals surface area (Å²) in [6.07, 6.45) is 0. The molecule has 0 aliphatic rings. The summed E-state index contributed by atoms with van der Waals surface area (Å²) >= 11 is 0. The first-order chi connectivity index (χ1) is 21.3. The second-order valence-electron chi connectivity index (χ2n) is 11.0. The third-order valence-corrected chi connectivity index (χ3v) is 8.44. The van der Waals surface area contributed by atoms with E-state index in [1.54, 1.807) is 0 Å². The van der Waals surface area contributed by atoms with Gasteiger partial charge in [0.25, 0.3) is 0 Å². The lowest BCUT2D eigenvalue weighted by Crippen LogP contribution is -2.11. The third-order valence-electron chi connectivity index (χ3n) is 8.44. The molecule has 43 heavy (non-hydrogen) atoms. The van der Waals surface area contributed by atoms with Crippen LogP contribution < -0.4 is 4.90 Å². The van der Waals surface area contributed by atoms with Gasteiger partial charge in [-0.05, 0) is 68.1 Å². The molecule has 0 saturated heterocycles. The van der Waals surface area contributed by atoms with E-state index in [9.17, 15) is 0 Å². The van der Waals surface area contributed by atoms with Crippen molar-refractivity contribution in [2.75, 3.05) is 4.90 Å². The van der Waals surface area contributed by atoms with Crippen LogP contribution in [0.25, 0.3) is 54.6 Å². The Morgan fingerprint density at radius 2 is 0.791 bits per heavy atom. The van der Waals surface area contributed by atoms with Gasteiger partial charge in [-0.15, -0.1) is 0 Å². The van der Waals surface area contributed by atoms with E-state index in [1.807, 2.05) is 0 Å². The first-order valence-electron chi connectivity index (χ1n) is 14.8. The van der Waals surface area contributed by atoms with E-state index in [1.165, 1.54) is 54.6 Å². The van der Waals surface area contributed by atoms with Gasteiger partial charge in [0.2, 0.25) is 0 Å². The Labute approximate surface area is 251 Å². The highest BCUT2D eigenvalue weighted by Crippen LogP contribution is 2.43. The maximum Gasteiger partial charge on any atom is 0.0540 e. The maximum atomic E-state index is 2.41. The molecule has 8 aromatic rings. The summed E-state index contributed by atoms with van der Waals surface area (Å²) in [5.74, 6) is 0. The third kappa shape index (κ3) is 4.43. The lowest BCUT2D eigenvalue weighted by molar-refractivity contribution is 1.31. The molecule has 0 amide bonds. The van der Waals surface area contributed by atoms with Crippen LogP contribution in [0.15, 0.2) is 176 Å². The number of nitrogens with zero attached hydrogens (tertiary/aromatic N) is 1. The molecule has 0 fully saturated rings. The molecule has 8 rings (SSSR count). The number of hydrogen-bond acceptors (Lipinski definition) is 1. The van der Waals surface area contributed by atoms with Crippen LogP contribution in [-0.4, -0.2) is 0 Å². The molecule has 0 N–H and O–H groups in total. The molecule has 0 radical (unpaired) electrons. The summed E-state index contributed by atoms with van der Waals surface area (Å²) in [5.41, 5.74) is 8.38. The summed E-state index contributed by atoms with van der Waals surface area (Å²) in [7, 11) is 0. The molecule has 1 nitrogen and oxygen atoms in total. The summed E-state index contributed by atoms with van der Waals surface area (Å²) in [5, 5.41) is 7.42. The summed E-state index contributed by atoms with van der Waals surface area (Å²) in [6, 6.07) is 63.5. The highest BCUT2D eigenvalue weighted by atomic mass is 15.1. The average Bonchev–Trinajstić information content (AvgIpc) is 3.09. The van der Waals surface area contributed by atoms with Crippen molar-refractivity contribution in [3.63, 3.8) is 0 Å². The zero-order valence-electron chi connectivity index (χ0n) is 23.7. The van der Waals surface area contributed by atoms with Gasteiger partial charge >= 0.3 is 0 Å². The Morgan fingerprint density at radius 3 is 1.40 bits per heavy atom. The van der Waals surface area contributed by atoms with Crippen LogP contribution in [0.4, 0.5) is 17.1 Å². The number of hydrogen-bond donors (Lipinski definition) is 0. The van der Waals surface area contributed by atoms with Crippen LogP contribution in [-0.2, 0) is 0 Å². The number of benzene rings is 8. The predicted octanol–water partition coefficient (Wildman–Crippen LogP) is 11.9. The van der Waals surface area contributed by atoms with Gasteiger partial charge in [-0.2, -0.15) is 0 Å². The normalized spacial score (nSPS) is 11.3. The molecule has 0 atom stereocenters. The first-order valence-corrected chi connectivity index (χ1v) is 14.8. The lowest BCUT2D eigenvalue weighted by atomic mass is 9.89. The largest absolute Gasteiger partial charge is 0.309 e. The molecule has 202 valence electrons. The van der Waals surface area contributed by atoms with E-state index in [-0.39, 0.29) is 0 Å². The molecule has 0 bridgehead atoms. The van der Waals surface area contributed by atoms with Crippen molar-refractivity contribution in [2.45, 2.75) is 0 Å². The van der Waals surface area contributed by atoms with Crippen molar-refractivity contribution in [1.29, 1.82) is 0 Å². The van der Waals surface area contributed by atoms with Crippen LogP contribution in [0.2, 0.25) is 0 Å². The van der Waals surface area contributed by atoms with Crippen molar-refractivity contribution in [1.82, 2.24) is 0 Å². The smallest absolute Gasteiger partial charge is 0.0540 e. The van der Waals surface area contributed by atoms with Gasteiger partial charge in [-0.1, -0.05) is 152 Å². The van der Waals surface area contributed by atoms with Crippen molar-refractivity contribution >= 4 is 49.4 Å². The van der Waals surface area contributed by atoms with Crippen molar-refractivity contribution in [3.8, 4) is 22.3 Å². The number of rotatable bonds is 5. The molecule has 0 unspecified atom stereocenters. The Hall–Kier alpha value is -5.66. The molecule has 0 aliphatic carbocycles. The van der Waals surface area contributed by atoms with Crippen LogP contribution >= 0.6 is 0 Å². The monoisotopic (exact) mass is 547 g/mol. The molecule has 0 aliphatic heterocycles. The zero-order chi connectivity index (χ0) is 28.6. The van der Waals surface area contributed by atoms with Gasteiger partial charge in [0.1, 0.15) is 0 Å². The molecule has 0 aromatic heterocycles. The highest BCUT2D eigenvalue weighted by Gasteiger charge is 2.18. The molecule has 1 heteroatoms. The zero-order valence-corrected chi connectivity index (χ0v) is 23.7. The summed E-state index contributed by atoms with van der Waals surface area (Å²) in [4.78, 5) is 2.41. The first kappa shape index (κ1) is 25.1. The fraction of sp³-hybridized carbons (Fsp3) is 0. The van der Waals surface area contributed by atoms with Gasteiger partial charge < -0.3 is 4.90 Å². The van der Waals surface area contributed by atoms with Crippen molar-refractivity contribution in [2.24, 2.45) is 0 Å². The lowest BCUT2D eigenvalue weighted by Gasteiger charge is -2.28. The van der Waals surface area contributed by atoms with Gasteiger partial charge in [0, 0.05) is 16.5 Å². The Kier molecular flexibility index (Phi) is 6.20. The molecular formula is C42H29N. The average molecular weight is 548 g/mol. The fourth-order valence-electron chi connectivity index (χ4n) is 6.43. The standard InChI is InChI=1S/C42H29N/c1-2-15-34(16-3-1)42-38-21-9-6-14-32(38)26-29-39(42)33-24-27-35(28-25-33)43(40-22-10-17-30-12-4-7-19-36(30)40)41-23-11-18-31-13-5-8-20-37(31)41/h1-29H. The van der Waals surface area contributed by atoms with Crippen molar-refractivity contribution in [3.05, 3.63) is 176 Å².